The Morgan fingerprint density at radius 2 is 1.70 bits per heavy atom. The Morgan fingerprint density at radius 3 is 2.45 bits per heavy atom. The maximum Gasteiger partial charge on any atom is 0.308 e. The quantitative estimate of drug-likeness (QED) is 0.400. The predicted molar refractivity (Wildman–Crippen MR) is 125 cm³/mol. The van der Waals surface area contributed by atoms with E-state index in [9.17, 15) is 14.4 Å². The summed E-state index contributed by atoms with van der Waals surface area (Å²) in [6.45, 7) is 5.44. The van der Waals surface area contributed by atoms with Crippen LogP contribution in [0.4, 0.5) is 5.69 Å². The topological polar surface area (TPSA) is 93.7 Å². The smallest absolute Gasteiger partial charge is 0.308 e. The van der Waals surface area contributed by atoms with Crippen molar-refractivity contribution in [3.63, 3.8) is 0 Å². The largest absolute Gasteiger partial charge is 0.484 e. The first-order valence-corrected chi connectivity index (χ1v) is 10.5. The lowest BCUT2D eigenvalue weighted by molar-refractivity contribution is -0.131. The van der Waals surface area contributed by atoms with Crippen LogP contribution in [-0.2, 0) is 16.1 Å². The van der Waals surface area contributed by atoms with Gasteiger partial charge in [-0.3, -0.25) is 14.4 Å². The maximum absolute atomic E-state index is 12.6. The Bertz CT molecular complexity index is 1170. The average molecular weight is 447 g/mol. The van der Waals surface area contributed by atoms with Crippen molar-refractivity contribution < 1.29 is 23.9 Å². The molecule has 7 heteroatoms. The van der Waals surface area contributed by atoms with Gasteiger partial charge in [-0.05, 0) is 61.4 Å². The Hall–Kier alpha value is -4.13. The normalized spacial score (nSPS) is 10.3. The fraction of sp³-hybridized carbons (Fsp3) is 0.192. The summed E-state index contributed by atoms with van der Waals surface area (Å²) in [4.78, 5) is 35.9. The van der Waals surface area contributed by atoms with Crippen LogP contribution in [-0.4, -0.2) is 24.4 Å². The second kappa shape index (κ2) is 10.9. The van der Waals surface area contributed by atoms with Crippen LogP contribution in [0.3, 0.4) is 0 Å². The molecule has 0 aromatic heterocycles. The summed E-state index contributed by atoms with van der Waals surface area (Å²) < 4.78 is 10.6. The Morgan fingerprint density at radius 1 is 0.909 bits per heavy atom. The van der Waals surface area contributed by atoms with Crippen molar-refractivity contribution in [1.82, 2.24) is 5.32 Å². The molecule has 0 aliphatic rings. The van der Waals surface area contributed by atoms with E-state index in [0.717, 1.165) is 16.7 Å². The number of anilines is 1. The van der Waals surface area contributed by atoms with E-state index in [1.165, 1.54) is 13.0 Å². The van der Waals surface area contributed by atoms with Gasteiger partial charge in [0, 0.05) is 24.7 Å². The van der Waals surface area contributed by atoms with Gasteiger partial charge in [-0.1, -0.05) is 35.9 Å². The molecule has 0 saturated heterocycles. The molecule has 0 atom stereocenters. The molecule has 0 aliphatic carbocycles. The molecule has 3 aromatic rings. The summed E-state index contributed by atoms with van der Waals surface area (Å²) >= 11 is 0. The lowest BCUT2D eigenvalue weighted by Crippen LogP contribution is -2.28. The molecular formula is C26H26N2O5. The lowest BCUT2D eigenvalue weighted by Gasteiger charge is -2.11. The van der Waals surface area contributed by atoms with Crippen molar-refractivity contribution in [1.29, 1.82) is 0 Å². The summed E-state index contributed by atoms with van der Waals surface area (Å²) in [6, 6.07) is 19.3. The minimum Gasteiger partial charge on any atom is -0.484 e. The number of ether oxygens (including phenoxy) is 2. The molecule has 7 nitrogen and oxygen atoms in total. The number of esters is 1. The Balaban J connectivity index is 1.53. The summed E-state index contributed by atoms with van der Waals surface area (Å²) in [5, 5.41) is 5.62. The van der Waals surface area contributed by atoms with E-state index in [1.807, 2.05) is 38.1 Å². The molecule has 2 N–H and O–H groups in total. The van der Waals surface area contributed by atoms with Gasteiger partial charge in [0.15, 0.2) is 6.61 Å². The van der Waals surface area contributed by atoms with Gasteiger partial charge in [-0.2, -0.15) is 0 Å². The van der Waals surface area contributed by atoms with Gasteiger partial charge in [0.25, 0.3) is 11.8 Å². The second-order valence-corrected chi connectivity index (χ2v) is 7.61. The van der Waals surface area contributed by atoms with Gasteiger partial charge >= 0.3 is 5.97 Å². The molecule has 0 radical (unpaired) electrons. The number of nitrogens with one attached hydrogen (secondary N) is 2. The number of aryl methyl sites for hydroxylation is 2. The molecule has 0 unspecified atom stereocenters. The molecular weight excluding hydrogens is 420 g/mol. The third-order valence-electron chi connectivity index (χ3n) is 4.72. The van der Waals surface area contributed by atoms with Crippen molar-refractivity contribution >= 4 is 23.5 Å². The SMILES string of the molecule is CC(=O)Oc1cccc(C(=O)Nc2cccc(CNC(=O)COc3ccc(C)cc3C)c2)c1. The molecule has 0 aliphatic heterocycles. The third kappa shape index (κ3) is 7.21. The fourth-order valence-corrected chi connectivity index (χ4v) is 3.19. The highest BCUT2D eigenvalue weighted by Crippen LogP contribution is 2.19. The van der Waals surface area contributed by atoms with Gasteiger partial charge < -0.3 is 20.1 Å². The van der Waals surface area contributed by atoms with E-state index >= 15 is 0 Å². The molecule has 0 spiro atoms. The van der Waals surface area contributed by atoms with Crippen molar-refractivity contribution in [2.75, 3.05) is 11.9 Å². The zero-order chi connectivity index (χ0) is 23.8. The van der Waals surface area contributed by atoms with E-state index < -0.39 is 5.97 Å². The van der Waals surface area contributed by atoms with Gasteiger partial charge in [-0.25, -0.2) is 0 Å². The maximum atomic E-state index is 12.6. The summed E-state index contributed by atoms with van der Waals surface area (Å²) in [7, 11) is 0. The molecule has 3 aromatic carbocycles. The first kappa shape index (κ1) is 23.5. The van der Waals surface area contributed by atoms with Crippen LogP contribution in [0.2, 0.25) is 0 Å². The first-order valence-electron chi connectivity index (χ1n) is 10.5. The minimum atomic E-state index is -0.457. The van der Waals surface area contributed by atoms with Crippen molar-refractivity contribution in [3.05, 3.63) is 89.0 Å². The molecule has 0 fully saturated rings. The highest BCUT2D eigenvalue weighted by atomic mass is 16.5. The summed E-state index contributed by atoms with van der Waals surface area (Å²) in [5.74, 6) is -0.0617. The molecule has 33 heavy (non-hydrogen) atoms. The average Bonchev–Trinajstić information content (AvgIpc) is 2.77. The van der Waals surface area contributed by atoms with Gasteiger partial charge in [-0.15, -0.1) is 0 Å². The van der Waals surface area contributed by atoms with Gasteiger partial charge in [0.05, 0.1) is 0 Å². The van der Waals surface area contributed by atoms with E-state index in [1.54, 1.807) is 36.4 Å². The molecule has 170 valence electrons. The molecule has 0 heterocycles. The number of hydrogen-bond donors (Lipinski definition) is 2. The van der Waals surface area contributed by atoms with Crippen molar-refractivity contribution in [3.8, 4) is 11.5 Å². The van der Waals surface area contributed by atoms with E-state index in [0.29, 0.717) is 29.3 Å². The van der Waals surface area contributed by atoms with Crippen LogP contribution in [0.1, 0.15) is 34.0 Å². The number of carbonyl (C=O) groups is 3. The molecule has 2 amide bonds. The standard InChI is InChI=1S/C26H26N2O5/c1-17-10-11-24(18(2)12-17)32-16-25(30)27-15-20-6-4-8-22(13-20)28-26(31)21-7-5-9-23(14-21)33-19(3)29/h4-14H,15-16H2,1-3H3,(H,27,30)(H,28,31). The van der Waals surface area contributed by atoms with Crippen molar-refractivity contribution in [2.24, 2.45) is 0 Å². The minimum absolute atomic E-state index is 0.0843. The van der Waals surface area contributed by atoms with Crippen LogP contribution < -0.4 is 20.1 Å². The third-order valence-corrected chi connectivity index (χ3v) is 4.72. The van der Waals surface area contributed by atoms with E-state index in [2.05, 4.69) is 10.6 Å². The van der Waals surface area contributed by atoms with Gasteiger partial charge in [0.1, 0.15) is 11.5 Å². The fourth-order valence-electron chi connectivity index (χ4n) is 3.19. The Labute approximate surface area is 192 Å². The second-order valence-electron chi connectivity index (χ2n) is 7.61. The highest BCUT2D eigenvalue weighted by Gasteiger charge is 2.10. The molecule has 0 saturated carbocycles. The number of benzene rings is 3. The monoisotopic (exact) mass is 446 g/mol. The number of rotatable bonds is 8. The van der Waals surface area contributed by atoms with E-state index in [4.69, 9.17) is 9.47 Å². The highest BCUT2D eigenvalue weighted by molar-refractivity contribution is 6.04. The van der Waals surface area contributed by atoms with Crippen molar-refractivity contribution in [2.45, 2.75) is 27.3 Å². The lowest BCUT2D eigenvalue weighted by atomic mass is 10.1. The summed E-state index contributed by atoms with van der Waals surface area (Å²) in [5.41, 5.74) is 3.87. The summed E-state index contributed by atoms with van der Waals surface area (Å²) in [6.07, 6.45) is 0. The number of carbonyl (C=O) groups excluding carboxylic acids is 3. The van der Waals surface area contributed by atoms with Gasteiger partial charge in [0.2, 0.25) is 0 Å². The van der Waals surface area contributed by atoms with Crippen LogP contribution in [0.15, 0.2) is 66.7 Å². The zero-order valence-electron chi connectivity index (χ0n) is 18.8. The number of hydrogen-bond acceptors (Lipinski definition) is 5. The van der Waals surface area contributed by atoms with Crippen LogP contribution in [0.25, 0.3) is 0 Å². The van der Waals surface area contributed by atoms with E-state index in [-0.39, 0.29) is 18.4 Å². The van der Waals surface area contributed by atoms with Crippen LogP contribution in [0.5, 0.6) is 11.5 Å². The first-order chi connectivity index (χ1) is 15.8. The predicted octanol–water partition coefficient (Wildman–Crippen LogP) is 4.18. The van der Waals surface area contributed by atoms with Crippen LogP contribution in [0, 0.1) is 13.8 Å². The zero-order valence-corrected chi connectivity index (χ0v) is 18.8. The molecule has 0 bridgehead atoms. The van der Waals surface area contributed by atoms with Crippen LogP contribution >= 0.6 is 0 Å². The number of amides is 2. The Kier molecular flexibility index (Phi) is 7.81. The molecule has 3 rings (SSSR count).